The number of sulfone groups is 1. The van der Waals surface area contributed by atoms with Crippen LogP contribution in [0.25, 0.3) is 0 Å². The lowest BCUT2D eigenvalue weighted by Gasteiger charge is -2.13. The van der Waals surface area contributed by atoms with Gasteiger partial charge in [-0.05, 0) is 50.8 Å². The second-order valence-electron chi connectivity index (χ2n) is 4.87. The van der Waals surface area contributed by atoms with Crippen LogP contribution < -0.4 is 0 Å². The smallest absolute Gasteiger partial charge is 0.180 e. The number of hydrogen-bond acceptors (Lipinski definition) is 2. The zero-order valence-electron chi connectivity index (χ0n) is 11.6. The van der Waals surface area contributed by atoms with Gasteiger partial charge < -0.3 is 0 Å². The minimum absolute atomic E-state index is 0.337. The molecule has 0 aromatic heterocycles. The molecule has 1 atom stereocenters. The fraction of sp³-hybridized carbons (Fsp3) is 0.467. The summed E-state index contributed by atoms with van der Waals surface area (Å²) in [6.07, 6.45) is 5.06. The van der Waals surface area contributed by atoms with Gasteiger partial charge in [-0.3, -0.25) is 0 Å². The van der Waals surface area contributed by atoms with E-state index in [0.29, 0.717) is 10.8 Å². The lowest BCUT2D eigenvalue weighted by atomic mass is 9.98. The van der Waals surface area contributed by atoms with Crippen molar-refractivity contribution in [1.82, 2.24) is 0 Å². The van der Waals surface area contributed by atoms with Crippen LogP contribution >= 0.6 is 0 Å². The fourth-order valence-electron chi connectivity index (χ4n) is 1.75. The van der Waals surface area contributed by atoms with Gasteiger partial charge in [0.25, 0.3) is 0 Å². The molecule has 0 amide bonds. The summed E-state index contributed by atoms with van der Waals surface area (Å²) < 4.78 is 24.2. The maximum absolute atomic E-state index is 12.1. The van der Waals surface area contributed by atoms with Crippen molar-refractivity contribution in [3.8, 4) is 0 Å². The van der Waals surface area contributed by atoms with E-state index < -0.39 is 9.84 Å². The molecule has 18 heavy (non-hydrogen) atoms. The third-order valence-electron chi connectivity index (χ3n) is 3.10. The van der Waals surface area contributed by atoms with Gasteiger partial charge in [-0.2, -0.15) is 0 Å². The third kappa shape index (κ3) is 3.45. The number of hydrogen-bond donors (Lipinski definition) is 0. The highest BCUT2D eigenvalue weighted by atomic mass is 32.2. The van der Waals surface area contributed by atoms with Gasteiger partial charge >= 0.3 is 0 Å². The molecule has 100 valence electrons. The molecular formula is C15H22O2S. The summed E-state index contributed by atoms with van der Waals surface area (Å²) in [6, 6.07) is 7.31. The maximum atomic E-state index is 12.1. The van der Waals surface area contributed by atoms with Crippen LogP contribution in [0.15, 0.2) is 41.3 Å². The Balaban J connectivity index is 3.07. The Morgan fingerprint density at radius 2 is 1.89 bits per heavy atom. The SMILES string of the molecule is C/C=C\CC(C)c1cccc(S(=O)(=O)C(C)C)c1. The van der Waals surface area contributed by atoms with Crippen LogP contribution in [0.2, 0.25) is 0 Å². The molecule has 0 heterocycles. The van der Waals surface area contributed by atoms with Gasteiger partial charge in [-0.15, -0.1) is 0 Å². The Labute approximate surface area is 111 Å². The van der Waals surface area contributed by atoms with E-state index >= 15 is 0 Å². The standard InChI is InChI=1S/C15H22O2S/c1-5-6-8-13(4)14-9-7-10-15(11-14)18(16,17)12(2)3/h5-7,9-13H,8H2,1-4H3/b6-5-. The molecule has 3 heteroatoms. The third-order valence-corrected chi connectivity index (χ3v) is 5.25. The lowest BCUT2D eigenvalue weighted by Crippen LogP contribution is -2.14. The molecule has 2 nitrogen and oxygen atoms in total. The summed E-state index contributed by atoms with van der Waals surface area (Å²) in [4.78, 5) is 0.433. The average molecular weight is 266 g/mol. The molecule has 0 fully saturated rings. The predicted octanol–water partition coefficient (Wildman–Crippen LogP) is 3.94. The first-order chi connectivity index (χ1) is 8.39. The van der Waals surface area contributed by atoms with Gasteiger partial charge in [0.05, 0.1) is 10.1 Å². The topological polar surface area (TPSA) is 34.1 Å². The number of allylic oxidation sites excluding steroid dienone is 2. The largest absolute Gasteiger partial charge is 0.223 e. The van der Waals surface area contributed by atoms with Crippen molar-refractivity contribution in [2.75, 3.05) is 0 Å². The Morgan fingerprint density at radius 3 is 2.44 bits per heavy atom. The summed E-state index contributed by atoms with van der Waals surface area (Å²) in [5.74, 6) is 0.337. The first-order valence-electron chi connectivity index (χ1n) is 6.34. The molecule has 0 saturated carbocycles. The first-order valence-corrected chi connectivity index (χ1v) is 7.89. The molecule has 0 saturated heterocycles. The van der Waals surface area contributed by atoms with Crippen molar-refractivity contribution in [3.63, 3.8) is 0 Å². The molecule has 0 aliphatic heterocycles. The molecule has 1 aromatic rings. The van der Waals surface area contributed by atoms with E-state index in [1.165, 1.54) is 0 Å². The molecular weight excluding hydrogens is 244 g/mol. The Kier molecular flexibility index (Phi) is 5.15. The highest BCUT2D eigenvalue weighted by Gasteiger charge is 2.19. The minimum Gasteiger partial charge on any atom is -0.223 e. The molecule has 1 rings (SSSR count). The van der Waals surface area contributed by atoms with Crippen LogP contribution in [0, 0.1) is 0 Å². The van der Waals surface area contributed by atoms with Crippen molar-refractivity contribution in [2.24, 2.45) is 0 Å². The monoisotopic (exact) mass is 266 g/mol. The quantitative estimate of drug-likeness (QED) is 0.756. The first kappa shape index (κ1) is 15.0. The minimum atomic E-state index is -3.17. The van der Waals surface area contributed by atoms with E-state index in [-0.39, 0.29) is 5.25 Å². The highest BCUT2D eigenvalue weighted by Crippen LogP contribution is 2.24. The van der Waals surface area contributed by atoms with Crippen LogP contribution in [0.4, 0.5) is 0 Å². The molecule has 0 spiro atoms. The zero-order valence-corrected chi connectivity index (χ0v) is 12.4. The maximum Gasteiger partial charge on any atom is 0.180 e. The van der Waals surface area contributed by atoms with Crippen LogP contribution in [0.1, 0.15) is 45.6 Å². The number of rotatable bonds is 5. The average Bonchev–Trinajstić information content (AvgIpc) is 2.35. The van der Waals surface area contributed by atoms with Gasteiger partial charge in [0.2, 0.25) is 0 Å². The van der Waals surface area contributed by atoms with E-state index in [4.69, 9.17) is 0 Å². The van der Waals surface area contributed by atoms with Crippen molar-refractivity contribution in [2.45, 2.75) is 50.2 Å². The van der Waals surface area contributed by atoms with E-state index in [0.717, 1.165) is 12.0 Å². The van der Waals surface area contributed by atoms with Crippen molar-refractivity contribution in [3.05, 3.63) is 42.0 Å². The van der Waals surface area contributed by atoms with Gasteiger partial charge in [0, 0.05) is 0 Å². The van der Waals surface area contributed by atoms with E-state index in [2.05, 4.69) is 13.0 Å². The van der Waals surface area contributed by atoms with Gasteiger partial charge in [0.15, 0.2) is 9.84 Å². The second-order valence-corrected chi connectivity index (χ2v) is 7.38. The summed E-state index contributed by atoms with van der Waals surface area (Å²) in [5.41, 5.74) is 1.08. The Morgan fingerprint density at radius 1 is 1.22 bits per heavy atom. The van der Waals surface area contributed by atoms with Crippen molar-refractivity contribution < 1.29 is 8.42 Å². The van der Waals surface area contributed by atoms with Crippen LogP contribution in [-0.4, -0.2) is 13.7 Å². The summed E-state index contributed by atoms with van der Waals surface area (Å²) in [6.45, 7) is 7.53. The van der Waals surface area contributed by atoms with Crippen molar-refractivity contribution >= 4 is 9.84 Å². The Hall–Kier alpha value is -1.09. The van der Waals surface area contributed by atoms with E-state index in [1.54, 1.807) is 19.9 Å². The molecule has 0 radical (unpaired) electrons. The molecule has 1 aromatic carbocycles. The van der Waals surface area contributed by atoms with E-state index in [9.17, 15) is 8.42 Å². The van der Waals surface area contributed by atoms with Gasteiger partial charge in [0.1, 0.15) is 0 Å². The van der Waals surface area contributed by atoms with Gasteiger partial charge in [-0.1, -0.05) is 31.2 Å². The highest BCUT2D eigenvalue weighted by molar-refractivity contribution is 7.92. The zero-order chi connectivity index (χ0) is 13.8. The molecule has 0 bridgehead atoms. The summed E-state index contributed by atoms with van der Waals surface area (Å²) in [5, 5.41) is -0.376. The molecule has 0 aliphatic rings. The molecule has 0 N–H and O–H groups in total. The van der Waals surface area contributed by atoms with Crippen LogP contribution in [0.3, 0.4) is 0 Å². The van der Waals surface area contributed by atoms with Crippen LogP contribution in [0.5, 0.6) is 0 Å². The van der Waals surface area contributed by atoms with Gasteiger partial charge in [-0.25, -0.2) is 8.42 Å². The molecule has 1 unspecified atom stereocenters. The Bertz CT molecular complexity index is 513. The van der Waals surface area contributed by atoms with Crippen molar-refractivity contribution in [1.29, 1.82) is 0 Å². The van der Waals surface area contributed by atoms with Crippen LogP contribution in [-0.2, 0) is 9.84 Å². The fourth-order valence-corrected chi connectivity index (χ4v) is 2.86. The predicted molar refractivity (Wildman–Crippen MR) is 76.6 cm³/mol. The second kappa shape index (κ2) is 6.19. The van der Waals surface area contributed by atoms with E-state index in [1.807, 2.05) is 31.2 Å². The molecule has 0 aliphatic carbocycles. The summed E-state index contributed by atoms with van der Waals surface area (Å²) in [7, 11) is -3.17. The number of benzene rings is 1. The lowest BCUT2D eigenvalue weighted by molar-refractivity contribution is 0.587. The normalized spacial score (nSPS) is 14.3. The summed E-state index contributed by atoms with van der Waals surface area (Å²) >= 11 is 0.